The maximum atomic E-state index is 12.7. The highest BCUT2D eigenvalue weighted by Crippen LogP contribution is 2.45. The normalized spacial score (nSPS) is 13.8. The Bertz CT molecular complexity index is 1140. The quantitative estimate of drug-likeness (QED) is 0.150. The molecule has 3 aromatic carbocycles. The van der Waals surface area contributed by atoms with Gasteiger partial charge in [0.1, 0.15) is 17.1 Å². The molecule has 0 heterocycles. The van der Waals surface area contributed by atoms with Crippen molar-refractivity contribution in [2.75, 3.05) is 0 Å². The van der Waals surface area contributed by atoms with Crippen LogP contribution >= 0.6 is 0 Å². The third kappa shape index (κ3) is 6.63. The second-order valence-electron chi connectivity index (χ2n) is 11.8. The van der Waals surface area contributed by atoms with Crippen LogP contribution in [0.5, 0.6) is 11.5 Å². The van der Waals surface area contributed by atoms with Gasteiger partial charge in [-0.1, -0.05) is 82.3 Å². The summed E-state index contributed by atoms with van der Waals surface area (Å²) in [5.74, 6) is 1.69. The topological polar surface area (TPSA) is 35.5 Å². The molecule has 198 valence electrons. The summed E-state index contributed by atoms with van der Waals surface area (Å²) in [7, 11) is 0. The van der Waals surface area contributed by atoms with Gasteiger partial charge >= 0.3 is 5.97 Å². The van der Waals surface area contributed by atoms with Gasteiger partial charge in [-0.15, -0.1) is 0 Å². The average molecular weight is 501 g/mol. The molecular formula is C34H44O3. The van der Waals surface area contributed by atoms with Gasteiger partial charge in [-0.2, -0.15) is 0 Å². The molecule has 0 fully saturated rings. The maximum Gasteiger partial charge on any atom is 0.316 e. The molecular weight excluding hydrogens is 456 g/mol. The molecule has 0 aliphatic rings. The summed E-state index contributed by atoms with van der Waals surface area (Å²) in [6.45, 7) is 16.7. The number of carbonyl (C=O) groups excluding carboxylic acids is 1. The van der Waals surface area contributed by atoms with Crippen molar-refractivity contribution < 1.29 is 14.3 Å². The van der Waals surface area contributed by atoms with Crippen LogP contribution in [0.2, 0.25) is 0 Å². The monoisotopic (exact) mass is 500 g/mol. The zero-order chi connectivity index (χ0) is 27.3. The highest BCUT2D eigenvalue weighted by atomic mass is 16.5. The molecule has 0 radical (unpaired) electrons. The summed E-state index contributed by atoms with van der Waals surface area (Å²) in [4.78, 5) is 12.7. The van der Waals surface area contributed by atoms with Gasteiger partial charge in [0.15, 0.2) is 0 Å². The van der Waals surface area contributed by atoms with Crippen molar-refractivity contribution in [1.29, 1.82) is 0 Å². The number of hydrogen-bond acceptors (Lipinski definition) is 3. The van der Waals surface area contributed by atoms with Gasteiger partial charge in [-0.05, 0) is 93.8 Å². The van der Waals surface area contributed by atoms with Crippen molar-refractivity contribution in [2.45, 2.75) is 85.7 Å². The second kappa shape index (κ2) is 11.5. The van der Waals surface area contributed by atoms with Crippen LogP contribution < -0.4 is 9.47 Å². The van der Waals surface area contributed by atoms with Crippen molar-refractivity contribution >= 4 is 5.97 Å². The van der Waals surface area contributed by atoms with Crippen LogP contribution in [0.15, 0.2) is 78.9 Å². The van der Waals surface area contributed by atoms with Crippen LogP contribution in [0.4, 0.5) is 0 Å². The summed E-state index contributed by atoms with van der Waals surface area (Å²) in [6, 6.07) is 27.4. The smallest absolute Gasteiger partial charge is 0.316 e. The predicted molar refractivity (Wildman–Crippen MR) is 153 cm³/mol. The van der Waals surface area contributed by atoms with Gasteiger partial charge in [-0.3, -0.25) is 4.79 Å². The summed E-state index contributed by atoms with van der Waals surface area (Å²) in [5, 5.41) is 0. The molecule has 0 amide bonds. The molecule has 0 bridgehead atoms. The van der Waals surface area contributed by atoms with E-state index in [1.165, 1.54) is 16.7 Å². The summed E-state index contributed by atoms with van der Waals surface area (Å²) < 4.78 is 12.0. The highest BCUT2D eigenvalue weighted by molar-refractivity contribution is 5.78. The molecule has 1 atom stereocenters. The van der Waals surface area contributed by atoms with E-state index in [0.717, 1.165) is 25.0 Å². The van der Waals surface area contributed by atoms with Crippen LogP contribution in [0, 0.1) is 11.3 Å². The Morgan fingerprint density at radius 1 is 0.703 bits per heavy atom. The number of hydrogen-bond donors (Lipinski definition) is 0. The van der Waals surface area contributed by atoms with Crippen molar-refractivity contribution in [2.24, 2.45) is 11.3 Å². The molecule has 37 heavy (non-hydrogen) atoms. The zero-order valence-corrected chi connectivity index (χ0v) is 23.9. The van der Waals surface area contributed by atoms with Gasteiger partial charge in [0.25, 0.3) is 0 Å². The first-order valence-electron chi connectivity index (χ1n) is 13.6. The Labute approximate surface area is 224 Å². The van der Waals surface area contributed by atoms with E-state index in [1.807, 2.05) is 32.9 Å². The standard InChI is InChI=1S/C34H44O3/c1-9-32(5,6)31(35)36-29-20-16-27(17-21-29)34(24-25(3)4,26-14-12-11-13-15-26)28-18-22-30(23-19-28)37-33(7,8)10-2/h11-23,25H,9-10,24H2,1-8H3. The van der Waals surface area contributed by atoms with Crippen LogP contribution in [-0.4, -0.2) is 11.6 Å². The third-order valence-corrected chi connectivity index (χ3v) is 7.57. The molecule has 0 aromatic heterocycles. The highest BCUT2D eigenvalue weighted by Gasteiger charge is 2.37. The molecule has 0 N–H and O–H groups in total. The Balaban J connectivity index is 2.09. The molecule has 3 heteroatoms. The largest absolute Gasteiger partial charge is 0.488 e. The van der Waals surface area contributed by atoms with E-state index in [9.17, 15) is 4.79 Å². The third-order valence-electron chi connectivity index (χ3n) is 7.57. The first kappa shape index (κ1) is 28.5. The Hall–Kier alpha value is -3.07. The fourth-order valence-corrected chi connectivity index (χ4v) is 4.58. The van der Waals surface area contributed by atoms with E-state index >= 15 is 0 Å². The van der Waals surface area contributed by atoms with Crippen molar-refractivity contribution in [3.8, 4) is 11.5 Å². The lowest BCUT2D eigenvalue weighted by Crippen LogP contribution is -2.31. The second-order valence-corrected chi connectivity index (χ2v) is 11.8. The fraction of sp³-hybridized carbons (Fsp3) is 0.441. The first-order chi connectivity index (χ1) is 17.4. The molecule has 3 aromatic rings. The van der Waals surface area contributed by atoms with Gasteiger partial charge in [-0.25, -0.2) is 0 Å². The zero-order valence-electron chi connectivity index (χ0n) is 23.9. The van der Waals surface area contributed by atoms with E-state index in [-0.39, 0.29) is 17.0 Å². The maximum absolute atomic E-state index is 12.7. The molecule has 0 saturated carbocycles. The van der Waals surface area contributed by atoms with Crippen LogP contribution in [0.1, 0.15) is 91.3 Å². The summed E-state index contributed by atoms with van der Waals surface area (Å²) >= 11 is 0. The van der Waals surface area contributed by atoms with Gasteiger partial charge in [0, 0.05) is 5.41 Å². The minimum Gasteiger partial charge on any atom is -0.488 e. The van der Waals surface area contributed by atoms with Crippen molar-refractivity contribution in [1.82, 2.24) is 0 Å². The lowest BCUT2D eigenvalue weighted by Gasteiger charge is -2.38. The van der Waals surface area contributed by atoms with Crippen molar-refractivity contribution in [3.05, 3.63) is 95.6 Å². The summed E-state index contributed by atoms with van der Waals surface area (Å²) in [5.41, 5.74) is 2.54. The molecule has 3 nitrogen and oxygen atoms in total. The molecule has 1 unspecified atom stereocenters. The van der Waals surface area contributed by atoms with Gasteiger partial charge in [0.2, 0.25) is 0 Å². The van der Waals surface area contributed by atoms with E-state index < -0.39 is 5.41 Å². The summed E-state index contributed by atoms with van der Waals surface area (Å²) in [6.07, 6.45) is 2.59. The Morgan fingerprint density at radius 3 is 1.65 bits per heavy atom. The molecule has 0 spiro atoms. The van der Waals surface area contributed by atoms with Crippen LogP contribution in [-0.2, 0) is 10.2 Å². The number of esters is 1. The predicted octanol–water partition coefficient (Wildman–Crippen LogP) is 8.98. The fourth-order valence-electron chi connectivity index (χ4n) is 4.58. The van der Waals surface area contributed by atoms with E-state index in [0.29, 0.717) is 11.7 Å². The molecule has 3 rings (SSSR count). The minimum atomic E-state index is -0.514. The van der Waals surface area contributed by atoms with E-state index in [4.69, 9.17) is 9.47 Å². The average Bonchev–Trinajstić information content (AvgIpc) is 2.88. The SMILES string of the molecule is CCC(C)(C)Oc1ccc(C(CC(C)C)(c2ccccc2)c2ccc(OC(=O)C(C)(C)CC)cc2)cc1. The van der Waals surface area contributed by atoms with Crippen LogP contribution in [0.25, 0.3) is 0 Å². The lowest BCUT2D eigenvalue weighted by molar-refractivity contribution is -0.144. The number of rotatable bonds is 11. The number of ether oxygens (including phenoxy) is 2. The molecule has 0 saturated heterocycles. The van der Waals surface area contributed by atoms with Crippen molar-refractivity contribution in [3.63, 3.8) is 0 Å². The van der Waals surface area contributed by atoms with Crippen LogP contribution in [0.3, 0.4) is 0 Å². The molecule has 0 aliphatic carbocycles. The number of carbonyl (C=O) groups is 1. The van der Waals surface area contributed by atoms with E-state index in [1.54, 1.807) is 0 Å². The molecule has 0 aliphatic heterocycles. The Morgan fingerprint density at radius 2 is 1.19 bits per heavy atom. The number of benzene rings is 3. The van der Waals surface area contributed by atoms with E-state index in [2.05, 4.69) is 101 Å². The minimum absolute atomic E-state index is 0.204. The Kier molecular flexibility index (Phi) is 8.89. The van der Waals surface area contributed by atoms with Gasteiger partial charge < -0.3 is 9.47 Å². The first-order valence-corrected chi connectivity index (χ1v) is 13.6. The lowest BCUT2D eigenvalue weighted by atomic mass is 9.65. The van der Waals surface area contributed by atoms with Gasteiger partial charge in [0.05, 0.1) is 5.41 Å².